The number of ether oxygens (including phenoxy) is 1. The van der Waals surface area contributed by atoms with Crippen molar-refractivity contribution in [1.29, 1.82) is 0 Å². The number of morpholine rings is 1. The Morgan fingerprint density at radius 3 is 2.27 bits per heavy atom. The van der Waals surface area contributed by atoms with Crippen LogP contribution in [-0.2, 0) is 29.6 Å². The summed E-state index contributed by atoms with van der Waals surface area (Å²) in [6.07, 6.45) is 1.02. The Balaban J connectivity index is 1.80. The number of amides is 1. The molecule has 0 bridgehead atoms. The first-order chi connectivity index (χ1) is 15.4. The Hall–Kier alpha value is -2.18. The number of hydrogen-bond donors (Lipinski definition) is 1. The SMILES string of the molecule is Cc1ccc(Cl)cc1N(C(C)C(=O)Nc1ccc(S(=O)(=O)N2CCOCC2)cc1)S(C)(=O)=O. The quantitative estimate of drug-likeness (QED) is 0.606. The van der Waals surface area contributed by atoms with Gasteiger partial charge in [0.15, 0.2) is 0 Å². The predicted octanol–water partition coefficient (Wildman–Crippen LogP) is 2.46. The number of aryl methyl sites for hydroxylation is 1. The summed E-state index contributed by atoms with van der Waals surface area (Å²) in [7, 11) is -7.47. The molecule has 12 heteroatoms. The maximum atomic E-state index is 12.9. The first-order valence-electron chi connectivity index (χ1n) is 10.2. The van der Waals surface area contributed by atoms with Gasteiger partial charge < -0.3 is 10.1 Å². The van der Waals surface area contributed by atoms with Gasteiger partial charge in [0.25, 0.3) is 0 Å². The summed E-state index contributed by atoms with van der Waals surface area (Å²) in [6.45, 7) is 4.43. The van der Waals surface area contributed by atoms with Gasteiger partial charge in [-0.25, -0.2) is 16.8 Å². The average Bonchev–Trinajstić information content (AvgIpc) is 2.76. The highest BCUT2D eigenvalue weighted by molar-refractivity contribution is 7.92. The fourth-order valence-electron chi connectivity index (χ4n) is 3.49. The number of hydrogen-bond acceptors (Lipinski definition) is 6. The van der Waals surface area contributed by atoms with E-state index in [-0.39, 0.29) is 18.0 Å². The van der Waals surface area contributed by atoms with Crippen molar-refractivity contribution >= 4 is 48.9 Å². The second-order valence-corrected chi connectivity index (χ2v) is 11.9. The van der Waals surface area contributed by atoms with E-state index in [1.54, 1.807) is 19.1 Å². The number of carbonyl (C=O) groups is 1. The van der Waals surface area contributed by atoms with Crippen molar-refractivity contribution in [3.05, 3.63) is 53.1 Å². The third kappa shape index (κ3) is 5.85. The van der Waals surface area contributed by atoms with Gasteiger partial charge in [0.05, 0.1) is 30.1 Å². The van der Waals surface area contributed by atoms with Crippen molar-refractivity contribution in [3.63, 3.8) is 0 Å². The fraction of sp³-hybridized carbons (Fsp3) is 0.381. The Labute approximate surface area is 199 Å². The molecule has 0 aliphatic carbocycles. The second-order valence-electron chi connectivity index (χ2n) is 7.70. The van der Waals surface area contributed by atoms with Crippen molar-refractivity contribution in [2.24, 2.45) is 0 Å². The van der Waals surface area contributed by atoms with Gasteiger partial charge in [-0.3, -0.25) is 9.10 Å². The number of nitrogens with one attached hydrogen (secondary N) is 1. The van der Waals surface area contributed by atoms with Crippen molar-refractivity contribution in [3.8, 4) is 0 Å². The zero-order valence-electron chi connectivity index (χ0n) is 18.5. The smallest absolute Gasteiger partial charge is 0.247 e. The van der Waals surface area contributed by atoms with E-state index >= 15 is 0 Å². The second kappa shape index (κ2) is 9.98. The van der Waals surface area contributed by atoms with Crippen LogP contribution in [0.4, 0.5) is 11.4 Å². The van der Waals surface area contributed by atoms with Gasteiger partial charge in [0, 0.05) is 23.8 Å². The minimum atomic E-state index is -3.81. The lowest BCUT2D eigenvalue weighted by Crippen LogP contribution is -2.45. The third-order valence-electron chi connectivity index (χ3n) is 5.23. The van der Waals surface area contributed by atoms with E-state index in [0.29, 0.717) is 35.2 Å². The number of sulfonamides is 2. The minimum absolute atomic E-state index is 0.0998. The first kappa shape index (κ1) is 25.4. The van der Waals surface area contributed by atoms with Crippen LogP contribution >= 0.6 is 11.6 Å². The van der Waals surface area contributed by atoms with E-state index < -0.39 is 32.0 Å². The summed E-state index contributed by atoms with van der Waals surface area (Å²) in [6, 6.07) is 9.45. The molecule has 1 aliphatic heterocycles. The van der Waals surface area contributed by atoms with Gasteiger partial charge in [-0.2, -0.15) is 4.31 Å². The van der Waals surface area contributed by atoms with Crippen LogP contribution in [0, 0.1) is 6.92 Å². The van der Waals surface area contributed by atoms with Crippen LogP contribution in [0.2, 0.25) is 5.02 Å². The standard InChI is InChI=1S/C21H26ClN3O6S2/c1-15-4-5-17(22)14-20(15)25(32(3,27)28)16(2)21(26)23-18-6-8-19(9-7-18)33(29,30)24-10-12-31-13-11-24/h4-9,14,16H,10-13H2,1-3H3,(H,23,26). The van der Waals surface area contributed by atoms with Crippen molar-refractivity contribution < 1.29 is 26.4 Å². The van der Waals surface area contributed by atoms with Crippen molar-refractivity contribution in [2.75, 3.05) is 42.2 Å². The van der Waals surface area contributed by atoms with E-state index in [1.165, 1.54) is 41.6 Å². The Morgan fingerprint density at radius 2 is 1.70 bits per heavy atom. The average molecular weight is 516 g/mol. The number of carbonyl (C=O) groups excluding carboxylic acids is 1. The van der Waals surface area contributed by atoms with E-state index in [1.807, 2.05) is 0 Å². The van der Waals surface area contributed by atoms with Gasteiger partial charge in [0.2, 0.25) is 26.0 Å². The van der Waals surface area contributed by atoms with E-state index in [0.717, 1.165) is 10.6 Å². The number of halogens is 1. The highest BCUT2D eigenvalue weighted by atomic mass is 35.5. The molecule has 1 heterocycles. The molecule has 0 spiro atoms. The van der Waals surface area contributed by atoms with Crippen LogP contribution < -0.4 is 9.62 Å². The molecule has 2 aromatic carbocycles. The van der Waals surface area contributed by atoms with E-state index in [4.69, 9.17) is 16.3 Å². The molecule has 3 rings (SSSR count). The van der Waals surface area contributed by atoms with Crippen LogP contribution in [-0.4, -0.2) is 65.6 Å². The molecule has 1 saturated heterocycles. The number of anilines is 2. The lowest BCUT2D eigenvalue weighted by molar-refractivity contribution is -0.116. The first-order valence-corrected chi connectivity index (χ1v) is 13.8. The molecular weight excluding hydrogens is 490 g/mol. The molecule has 9 nitrogen and oxygen atoms in total. The summed E-state index contributed by atoms with van der Waals surface area (Å²) in [5, 5.41) is 2.99. The molecule has 180 valence electrons. The number of benzene rings is 2. The Kier molecular flexibility index (Phi) is 7.69. The minimum Gasteiger partial charge on any atom is -0.379 e. The summed E-state index contributed by atoms with van der Waals surface area (Å²) in [5.41, 5.74) is 1.28. The van der Waals surface area contributed by atoms with Crippen molar-refractivity contribution in [1.82, 2.24) is 4.31 Å². The highest BCUT2D eigenvalue weighted by Crippen LogP contribution is 2.29. The molecule has 2 aromatic rings. The monoisotopic (exact) mass is 515 g/mol. The molecule has 0 radical (unpaired) electrons. The lowest BCUT2D eigenvalue weighted by atomic mass is 10.1. The zero-order valence-corrected chi connectivity index (χ0v) is 20.9. The summed E-state index contributed by atoms with van der Waals surface area (Å²) < 4.78 is 58.1. The molecule has 1 aliphatic rings. The van der Waals surface area contributed by atoms with Crippen LogP contribution in [0.3, 0.4) is 0 Å². The zero-order chi connectivity index (χ0) is 24.4. The van der Waals surface area contributed by atoms with Gasteiger partial charge in [-0.15, -0.1) is 0 Å². The Bertz CT molecular complexity index is 1230. The molecule has 1 amide bonds. The van der Waals surface area contributed by atoms with Gasteiger partial charge in [0.1, 0.15) is 6.04 Å². The largest absolute Gasteiger partial charge is 0.379 e. The molecule has 1 atom stereocenters. The van der Waals surface area contributed by atoms with E-state index in [2.05, 4.69) is 5.32 Å². The lowest BCUT2D eigenvalue weighted by Gasteiger charge is -2.29. The van der Waals surface area contributed by atoms with Crippen LogP contribution in [0.25, 0.3) is 0 Å². The van der Waals surface area contributed by atoms with Crippen LogP contribution in [0.1, 0.15) is 12.5 Å². The molecule has 1 fully saturated rings. The topological polar surface area (TPSA) is 113 Å². The molecular formula is C21H26ClN3O6S2. The fourth-order valence-corrected chi connectivity index (χ4v) is 6.29. The van der Waals surface area contributed by atoms with Crippen molar-refractivity contribution in [2.45, 2.75) is 24.8 Å². The summed E-state index contributed by atoms with van der Waals surface area (Å²) in [4.78, 5) is 13.0. The molecule has 1 unspecified atom stereocenters. The van der Waals surface area contributed by atoms with Crippen LogP contribution in [0.5, 0.6) is 0 Å². The van der Waals surface area contributed by atoms with Gasteiger partial charge in [-0.1, -0.05) is 17.7 Å². The molecule has 0 saturated carbocycles. The summed E-state index contributed by atoms with van der Waals surface area (Å²) >= 11 is 6.05. The normalized spacial score (nSPS) is 16.2. The maximum absolute atomic E-state index is 12.9. The molecule has 1 N–H and O–H groups in total. The van der Waals surface area contributed by atoms with E-state index in [9.17, 15) is 21.6 Å². The molecule has 33 heavy (non-hydrogen) atoms. The van der Waals surface area contributed by atoms with Gasteiger partial charge >= 0.3 is 0 Å². The predicted molar refractivity (Wildman–Crippen MR) is 128 cm³/mol. The van der Waals surface area contributed by atoms with Gasteiger partial charge in [-0.05, 0) is 55.8 Å². The van der Waals surface area contributed by atoms with Crippen LogP contribution in [0.15, 0.2) is 47.4 Å². The third-order valence-corrected chi connectivity index (χ3v) is 8.60. The highest BCUT2D eigenvalue weighted by Gasteiger charge is 2.31. The number of nitrogens with zero attached hydrogens (tertiary/aromatic N) is 2. The number of rotatable bonds is 7. The Morgan fingerprint density at radius 1 is 1.09 bits per heavy atom. The molecule has 0 aromatic heterocycles. The summed E-state index contributed by atoms with van der Waals surface area (Å²) in [5.74, 6) is -0.580. The maximum Gasteiger partial charge on any atom is 0.247 e.